The Morgan fingerprint density at radius 1 is 1.19 bits per heavy atom. The minimum Gasteiger partial charge on any atom is -0.332 e. The van der Waals surface area contributed by atoms with Crippen molar-refractivity contribution in [3.05, 3.63) is 64.2 Å². The van der Waals surface area contributed by atoms with Crippen molar-refractivity contribution in [1.82, 2.24) is 0 Å². The smallest absolute Gasteiger partial charge is 0.292 e. The summed E-state index contributed by atoms with van der Waals surface area (Å²) in [5.74, 6) is 0. The molecule has 0 heterocycles. The van der Waals surface area contributed by atoms with Crippen LogP contribution in [-0.4, -0.2) is 10.0 Å². The van der Waals surface area contributed by atoms with Gasteiger partial charge in [-0.2, -0.15) is 0 Å². The van der Waals surface area contributed by atoms with E-state index in [2.05, 4.69) is 17.6 Å². The van der Waals surface area contributed by atoms with E-state index in [1.54, 1.807) is 18.2 Å². The third-order valence-corrected chi connectivity index (χ3v) is 3.15. The molecule has 0 aliphatic rings. The summed E-state index contributed by atoms with van der Waals surface area (Å²) < 4.78 is 0. The van der Waals surface area contributed by atoms with E-state index >= 15 is 0 Å². The Morgan fingerprint density at radius 2 is 1.95 bits per heavy atom. The fourth-order valence-corrected chi connectivity index (χ4v) is 2.12. The molecule has 0 amide bonds. The third-order valence-electron chi connectivity index (χ3n) is 2.94. The second-order valence-electron chi connectivity index (χ2n) is 4.41. The predicted octanol–water partition coefficient (Wildman–Crippen LogP) is 3.97. The number of nitro benzene ring substituents is 1. The first-order valence-electron chi connectivity index (χ1n) is 6.50. The van der Waals surface area contributed by atoms with E-state index in [9.17, 15) is 10.1 Å². The summed E-state index contributed by atoms with van der Waals surface area (Å²) >= 11 is 5.20. The fourth-order valence-electron chi connectivity index (χ4n) is 1.89. The Morgan fingerprint density at radius 3 is 2.67 bits per heavy atom. The van der Waals surface area contributed by atoms with Crippen molar-refractivity contribution in [3.63, 3.8) is 0 Å². The van der Waals surface area contributed by atoms with Crippen LogP contribution in [0.2, 0.25) is 0 Å². The van der Waals surface area contributed by atoms with Gasteiger partial charge in [-0.05, 0) is 42.4 Å². The van der Waals surface area contributed by atoms with Crippen LogP contribution in [0.25, 0.3) is 0 Å². The number of aryl methyl sites for hydroxylation is 1. The highest BCUT2D eigenvalue weighted by Gasteiger charge is 2.13. The second-order valence-corrected chi connectivity index (χ2v) is 4.82. The van der Waals surface area contributed by atoms with Gasteiger partial charge >= 0.3 is 0 Å². The maximum atomic E-state index is 10.9. The molecule has 6 heteroatoms. The second kappa shape index (κ2) is 6.81. The Kier molecular flexibility index (Phi) is 4.84. The van der Waals surface area contributed by atoms with E-state index in [1.165, 1.54) is 11.6 Å². The summed E-state index contributed by atoms with van der Waals surface area (Å²) in [6.07, 6.45) is 0.930. The summed E-state index contributed by atoms with van der Waals surface area (Å²) in [5.41, 5.74) is 2.40. The van der Waals surface area contributed by atoms with Crippen molar-refractivity contribution in [2.45, 2.75) is 13.3 Å². The van der Waals surface area contributed by atoms with Crippen LogP contribution in [0.4, 0.5) is 17.1 Å². The standard InChI is InChI=1S/C15H15N3O2S/c1-2-11-6-5-7-12(10-11)16-15(21)17-13-8-3-4-9-14(13)18(19)20/h3-10H,2H2,1H3,(H2,16,17,21). The highest BCUT2D eigenvalue weighted by molar-refractivity contribution is 7.80. The molecule has 0 radical (unpaired) electrons. The zero-order valence-corrected chi connectivity index (χ0v) is 12.3. The predicted molar refractivity (Wildman–Crippen MR) is 88.8 cm³/mol. The van der Waals surface area contributed by atoms with Gasteiger partial charge in [0.15, 0.2) is 5.11 Å². The van der Waals surface area contributed by atoms with E-state index in [0.717, 1.165) is 12.1 Å². The van der Waals surface area contributed by atoms with E-state index in [4.69, 9.17) is 12.2 Å². The summed E-state index contributed by atoms with van der Waals surface area (Å²) in [4.78, 5) is 10.5. The monoisotopic (exact) mass is 301 g/mol. The van der Waals surface area contributed by atoms with Crippen LogP contribution in [0.3, 0.4) is 0 Å². The van der Waals surface area contributed by atoms with E-state index in [-0.39, 0.29) is 5.69 Å². The highest BCUT2D eigenvalue weighted by atomic mass is 32.1. The first-order chi connectivity index (χ1) is 10.1. The summed E-state index contributed by atoms with van der Waals surface area (Å²) in [6.45, 7) is 2.07. The van der Waals surface area contributed by atoms with Crippen molar-refractivity contribution >= 4 is 34.4 Å². The van der Waals surface area contributed by atoms with Crippen molar-refractivity contribution in [2.24, 2.45) is 0 Å². The number of hydrogen-bond acceptors (Lipinski definition) is 3. The molecule has 2 aromatic rings. The number of nitrogens with one attached hydrogen (secondary N) is 2. The normalized spacial score (nSPS) is 9.95. The van der Waals surface area contributed by atoms with Gasteiger partial charge in [0.1, 0.15) is 5.69 Å². The number of anilines is 2. The first-order valence-corrected chi connectivity index (χ1v) is 6.91. The van der Waals surface area contributed by atoms with Crippen molar-refractivity contribution < 1.29 is 4.92 Å². The van der Waals surface area contributed by atoms with Crippen molar-refractivity contribution in [3.8, 4) is 0 Å². The average molecular weight is 301 g/mol. The average Bonchev–Trinajstić information content (AvgIpc) is 2.47. The van der Waals surface area contributed by atoms with Gasteiger partial charge in [-0.3, -0.25) is 10.1 Å². The lowest BCUT2D eigenvalue weighted by molar-refractivity contribution is -0.383. The van der Waals surface area contributed by atoms with Crippen LogP contribution in [0.5, 0.6) is 0 Å². The lowest BCUT2D eigenvalue weighted by Crippen LogP contribution is -2.19. The molecule has 0 atom stereocenters. The van der Waals surface area contributed by atoms with Crippen LogP contribution >= 0.6 is 12.2 Å². The maximum Gasteiger partial charge on any atom is 0.292 e. The Bertz CT molecular complexity index is 673. The minimum absolute atomic E-state index is 0.0102. The van der Waals surface area contributed by atoms with Gasteiger partial charge in [0, 0.05) is 11.8 Å². The molecule has 0 aliphatic heterocycles. The highest BCUT2D eigenvalue weighted by Crippen LogP contribution is 2.23. The van der Waals surface area contributed by atoms with Gasteiger partial charge in [-0.15, -0.1) is 0 Å². The molecule has 5 nitrogen and oxygen atoms in total. The largest absolute Gasteiger partial charge is 0.332 e. The van der Waals surface area contributed by atoms with E-state index < -0.39 is 4.92 Å². The Labute approximate surface area is 128 Å². The van der Waals surface area contributed by atoms with E-state index in [0.29, 0.717) is 10.8 Å². The molecule has 0 aliphatic carbocycles. The molecule has 0 fully saturated rings. The molecular weight excluding hydrogens is 286 g/mol. The SMILES string of the molecule is CCc1cccc(NC(=S)Nc2ccccc2[N+](=O)[O-])c1. The number of para-hydroxylation sites is 2. The van der Waals surface area contributed by atoms with Gasteiger partial charge in [-0.1, -0.05) is 31.2 Å². The number of hydrogen-bond donors (Lipinski definition) is 2. The molecule has 0 aromatic heterocycles. The quantitative estimate of drug-likeness (QED) is 0.508. The molecule has 0 saturated carbocycles. The minimum atomic E-state index is -0.442. The van der Waals surface area contributed by atoms with Crippen LogP contribution in [0.1, 0.15) is 12.5 Å². The lowest BCUT2D eigenvalue weighted by atomic mass is 10.1. The maximum absolute atomic E-state index is 10.9. The number of benzene rings is 2. The molecule has 0 saturated heterocycles. The van der Waals surface area contributed by atoms with Gasteiger partial charge in [0.25, 0.3) is 5.69 Å². The summed E-state index contributed by atoms with van der Waals surface area (Å²) in [6, 6.07) is 14.2. The molecule has 108 valence electrons. The van der Waals surface area contributed by atoms with Crippen LogP contribution in [0, 0.1) is 10.1 Å². The zero-order valence-electron chi connectivity index (χ0n) is 11.5. The molecule has 0 spiro atoms. The van der Waals surface area contributed by atoms with Crippen LogP contribution in [-0.2, 0) is 6.42 Å². The molecule has 21 heavy (non-hydrogen) atoms. The van der Waals surface area contributed by atoms with Gasteiger partial charge in [0.05, 0.1) is 4.92 Å². The van der Waals surface area contributed by atoms with Crippen molar-refractivity contribution in [2.75, 3.05) is 10.6 Å². The van der Waals surface area contributed by atoms with Crippen LogP contribution in [0.15, 0.2) is 48.5 Å². The first kappa shape index (κ1) is 14.9. The number of nitro groups is 1. The molecule has 2 N–H and O–H groups in total. The molecule has 0 bridgehead atoms. The van der Waals surface area contributed by atoms with Gasteiger partial charge in [-0.25, -0.2) is 0 Å². The third kappa shape index (κ3) is 4.00. The van der Waals surface area contributed by atoms with Crippen molar-refractivity contribution in [1.29, 1.82) is 0 Å². The topological polar surface area (TPSA) is 67.2 Å². The molecular formula is C15H15N3O2S. The number of nitrogens with zero attached hydrogens (tertiary/aromatic N) is 1. The molecule has 2 aromatic carbocycles. The van der Waals surface area contributed by atoms with Crippen LogP contribution < -0.4 is 10.6 Å². The molecule has 0 unspecified atom stereocenters. The Balaban J connectivity index is 2.10. The zero-order chi connectivity index (χ0) is 15.2. The van der Waals surface area contributed by atoms with Gasteiger partial charge < -0.3 is 10.6 Å². The van der Waals surface area contributed by atoms with Gasteiger partial charge in [0.2, 0.25) is 0 Å². The lowest BCUT2D eigenvalue weighted by Gasteiger charge is -2.11. The summed E-state index contributed by atoms with van der Waals surface area (Å²) in [7, 11) is 0. The number of rotatable bonds is 4. The fraction of sp³-hybridized carbons (Fsp3) is 0.133. The Hall–Kier alpha value is -2.47. The summed E-state index contributed by atoms with van der Waals surface area (Å²) in [5, 5.41) is 17.1. The van der Waals surface area contributed by atoms with E-state index in [1.807, 2.05) is 24.3 Å². The number of thiocarbonyl (C=S) groups is 1. The molecule has 2 rings (SSSR count).